The summed E-state index contributed by atoms with van der Waals surface area (Å²) in [4.78, 5) is 9.88. The van der Waals surface area contributed by atoms with Crippen LogP contribution in [0.3, 0.4) is 0 Å². The summed E-state index contributed by atoms with van der Waals surface area (Å²) in [5.74, 6) is -0.835. The van der Waals surface area contributed by atoms with Crippen LogP contribution in [-0.2, 0) is 6.54 Å². The van der Waals surface area contributed by atoms with Crippen LogP contribution < -0.4 is 5.32 Å². The number of anilines is 1. The lowest BCUT2D eigenvalue weighted by Gasteiger charge is -2.07. The van der Waals surface area contributed by atoms with Crippen LogP contribution in [0.1, 0.15) is 11.1 Å². The largest absolute Gasteiger partial charge is 0.381 e. The molecule has 0 unspecified atom stereocenters. The number of nitriles is 1. The van der Waals surface area contributed by atoms with Crippen LogP contribution in [0.15, 0.2) is 42.5 Å². The molecule has 0 aliphatic carbocycles. The fraction of sp³-hybridized carbons (Fsp3) is 0.0714. The van der Waals surface area contributed by atoms with Crippen molar-refractivity contribution in [3.8, 4) is 6.07 Å². The Morgan fingerprint density at radius 2 is 1.95 bits per heavy atom. The van der Waals surface area contributed by atoms with Gasteiger partial charge < -0.3 is 5.32 Å². The van der Waals surface area contributed by atoms with Crippen molar-refractivity contribution in [1.82, 2.24) is 0 Å². The highest BCUT2D eigenvalue weighted by Gasteiger charge is 2.16. The van der Waals surface area contributed by atoms with E-state index in [0.717, 1.165) is 6.07 Å². The molecule has 2 aromatic carbocycles. The quantitative estimate of drug-likeness (QED) is 0.684. The van der Waals surface area contributed by atoms with Gasteiger partial charge in [0, 0.05) is 23.9 Å². The van der Waals surface area contributed by atoms with E-state index in [1.807, 2.05) is 6.07 Å². The molecule has 2 rings (SSSR count). The third kappa shape index (κ3) is 2.90. The fourth-order valence-electron chi connectivity index (χ4n) is 1.70. The smallest absolute Gasteiger partial charge is 0.305 e. The Balaban J connectivity index is 2.13. The molecule has 0 saturated carbocycles. The summed E-state index contributed by atoms with van der Waals surface area (Å²) in [6.07, 6.45) is 0. The minimum atomic E-state index is -0.835. The van der Waals surface area contributed by atoms with Crippen molar-refractivity contribution >= 4 is 11.4 Å². The van der Waals surface area contributed by atoms with Gasteiger partial charge in [0.25, 0.3) is 0 Å². The Morgan fingerprint density at radius 3 is 2.55 bits per heavy atom. The maximum atomic E-state index is 13.8. The number of hydrogen-bond donors (Lipinski definition) is 1. The molecule has 0 aliphatic heterocycles. The van der Waals surface area contributed by atoms with Gasteiger partial charge in [0.1, 0.15) is 0 Å². The minimum absolute atomic E-state index is 0.124. The van der Waals surface area contributed by atoms with Gasteiger partial charge in [0.2, 0.25) is 5.82 Å². The molecular weight excluding hydrogens is 261 g/mol. The molecule has 0 bridgehead atoms. The topological polar surface area (TPSA) is 79.0 Å². The van der Waals surface area contributed by atoms with Crippen molar-refractivity contribution in [2.75, 3.05) is 5.32 Å². The fourth-order valence-corrected chi connectivity index (χ4v) is 1.70. The van der Waals surface area contributed by atoms with Gasteiger partial charge in [-0.15, -0.1) is 0 Å². The zero-order valence-electron chi connectivity index (χ0n) is 10.3. The molecule has 0 fully saturated rings. The molecule has 0 aromatic heterocycles. The van der Waals surface area contributed by atoms with Crippen molar-refractivity contribution in [2.45, 2.75) is 6.54 Å². The monoisotopic (exact) mass is 271 g/mol. The number of nitro groups is 1. The van der Waals surface area contributed by atoms with Crippen LogP contribution in [0, 0.1) is 27.3 Å². The third-order valence-corrected chi connectivity index (χ3v) is 2.75. The highest BCUT2D eigenvalue weighted by molar-refractivity contribution is 5.48. The number of benzene rings is 2. The van der Waals surface area contributed by atoms with E-state index in [-0.39, 0.29) is 12.1 Å². The van der Waals surface area contributed by atoms with E-state index in [9.17, 15) is 14.5 Å². The molecule has 0 atom stereocenters. The molecule has 0 aliphatic rings. The minimum Gasteiger partial charge on any atom is -0.381 e. The molecule has 0 saturated heterocycles. The second-order valence-electron chi connectivity index (χ2n) is 4.05. The summed E-state index contributed by atoms with van der Waals surface area (Å²) >= 11 is 0. The molecule has 6 heteroatoms. The number of nitro benzene ring substituents is 1. The summed E-state index contributed by atoms with van der Waals surface area (Å²) in [5, 5.41) is 22.3. The molecule has 20 heavy (non-hydrogen) atoms. The molecule has 2 aromatic rings. The van der Waals surface area contributed by atoms with Gasteiger partial charge in [-0.3, -0.25) is 10.1 Å². The van der Waals surface area contributed by atoms with Crippen LogP contribution in [-0.4, -0.2) is 4.92 Å². The van der Waals surface area contributed by atoms with E-state index < -0.39 is 16.4 Å². The number of rotatable bonds is 4. The summed E-state index contributed by atoms with van der Waals surface area (Å²) in [5.41, 5.74) is 0.902. The highest BCUT2D eigenvalue weighted by Crippen LogP contribution is 2.21. The number of halogens is 1. The van der Waals surface area contributed by atoms with E-state index in [1.54, 1.807) is 24.3 Å². The summed E-state index contributed by atoms with van der Waals surface area (Å²) in [6.45, 7) is 0.124. The van der Waals surface area contributed by atoms with E-state index >= 15 is 0 Å². The van der Waals surface area contributed by atoms with Gasteiger partial charge in [0.15, 0.2) is 0 Å². The first-order chi connectivity index (χ1) is 9.61. The first-order valence-electron chi connectivity index (χ1n) is 5.77. The predicted octanol–water partition coefficient (Wildman–Crippen LogP) is 3.22. The van der Waals surface area contributed by atoms with E-state index in [4.69, 9.17) is 5.26 Å². The standard InChI is InChI=1S/C14H10FN3O2/c15-14-11(2-1-3-13(14)18(19)20)9-17-12-6-4-10(8-16)5-7-12/h1-7,17H,9H2. The molecule has 100 valence electrons. The maximum absolute atomic E-state index is 13.8. The van der Waals surface area contributed by atoms with Crippen LogP contribution in [0.4, 0.5) is 15.8 Å². The predicted molar refractivity (Wildman–Crippen MR) is 71.5 cm³/mol. The average molecular weight is 271 g/mol. The zero-order valence-corrected chi connectivity index (χ0v) is 10.3. The Hall–Kier alpha value is -2.94. The summed E-state index contributed by atoms with van der Waals surface area (Å²) in [7, 11) is 0. The van der Waals surface area contributed by atoms with Crippen LogP contribution >= 0.6 is 0 Å². The van der Waals surface area contributed by atoms with Crippen molar-refractivity contribution in [3.63, 3.8) is 0 Å². The number of nitrogens with zero attached hydrogens (tertiary/aromatic N) is 2. The Labute approximate surface area is 114 Å². The first kappa shape index (κ1) is 13.5. The second kappa shape index (κ2) is 5.80. The average Bonchev–Trinajstić information content (AvgIpc) is 2.46. The van der Waals surface area contributed by atoms with Crippen molar-refractivity contribution in [3.05, 3.63) is 69.5 Å². The zero-order chi connectivity index (χ0) is 14.5. The van der Waals surface area contributed by atoms with Gasteiger partial charge in [-0.05, 0) is 24.3 Å². The van der Waals surface area contributed by atoms with Gasteiger partial charge in [-0.25, -0.2) is 0 Å². The van der Waals surface area contributed by atoms with Crippen molar-refractivity contribution in [1.29, 1.82) is 5.26 Å². The van der Waals surface area contributed by atoms with Crippen LogP contribution in [0.2, 0.25) is 0 Å². The van der Waals surface area contributed by atoms with Gasteiger partial charge >= 0.3 is 5.69 Å². The van der Waals surface area contributed by atoms with Gasteiger partial charge in [-0.2, -0.15) is 9.65 Å². The van der Waals surface area contributed by atoms with Gasteiger partial charge in [-0.1, -0.05) is 12.1 Å². The first-order valence-corrected chi connectivity index (χ1v) is 5.77. The third-order valence-electron chi connectivity index (χ3n) is 2.75. The summed E-state index contributed by atoms with van der Waals surface area (Å²) in [6, 6.07) is 12.7. The molecular formula is C14H10FN3O2. The molecule has 1 N–H and O–H groups in total. The molecule has 0 radical (unpaired) electrons. The van der Waals surface area contributed by atoms with Crippen LogP contribution in [0.5, 0.6) is 0 Å². The second-order valence-corrected chi connectivity index (χ2v) is 4.05. The maximum Gasteiger partial charge on any atom is 0.305 e. The molecule has 0 heterocycles. The molecule has 5 nitrogen and oxygen atoms in total. The van der Waals surface area contributed by atoms with Crippen molar-refractivity contribution in [2.24, 2.45) is 0 Å². The Kier molecular flexibility index (Phi) is 3.91. The van der Waals surface area contributed by atoms with E-state index in [0.29, 0.717) is 11.3 Å². The lowest BCUT2D eigenvalue weighted by Crippen LogP contribution is -2.04. The van der Waals surface area contributed by atoms with Crippen molar-refractivity contribution < 1.29 is 9.31 Å². The van der Waals surface area contributed by atoms with E-state index in [1.165, 1.54) is 12.1 Å². The summed E-state index contributed by atoms with van der Waals surface area (Å²) < 4.78 is 13.8. The van der Waals surface area contributed by atoms with Gasteiger partial charge in [0.05, 0.1) is 16.6 Å². The van der Waals surface area contributed by atoms with Crippen LogP contribution in [0.25, 0.3) is 0 Å². The Morgan fingerprint density at radius 1 is 1.25 bits per heavy atom. The normalized spacial score (nSPS) is 9.80. The van der Waals surface area contributed by atoms with E-state index in [2.05, 4.69) is 5.32 Å². The lowest BCUT2D eigenvalue weighted by atomic mass is 10.1. The SMILES string of the molecule is N#Cc1ccc(NCc2cccc([N+](=O)[O-])c2F)cc1. The molecule has 0 spiro atoms. The Bertz CT molecular complexity index is 678. The highest BCUT2D eigenvalue weighted by atomic mass is 19.1. The lowest BCUT2D eigenvalue weighted by molar-refractivity contribution is -0.387. The number of hydrogen-bond acceptors (Lipinski definition) is 4. The molecule has 0 amide bonds. The number of nitrogens with one attached hydrogen (secondary N) is 1.